The van der Waals surface area contributed by atoms with Gasteiger partial charge in [0, 0.05) is 24.5 Å². The van der Waals surface area contributed by atoms with Gasteiger partial charge in [0.05, 0.1) is 0 Å². The van der Waals surface area contributed by atoms with Crippen molar-refractivity contribution in [2.45, 2.75) is 0 Å². The Balaban J connectivity index is 1.99. The number of nitrogens with two attached hydrogens (primary N) is 1. The van der Waals surface area contributed by atoms with Crippen LogP contribution in [-0.2, 0) is 0 Å². The molecular formula is C11H13N3O. The van der Waals surface area contributed by atoms with Gasteiger partial charge < -0.3 is 16.0 Å². The van der Waals surface area contributed by atoms with E-state index >= 15 is 0 Å². The molecule has 0 spiro atoms. The van der Waals surface area contributed by atoms with Gasteiger partial charge in [-0.3, -0.25) is 0 Å². The smallest absolute Gasteiger partial charge is 0.322 e. The average molecular weight is 203 g/mol. The maximum atomic E-state index is 11.7. The second-order valence-corrected chi connectivity index (χ2v) is 3.43. The fourth-order valence-corrected chi connectivity index (χ4v) is 1.46. The van der Waals surface area contributed by atoms with Crippen molar-refractivity contribution < 1.29 is 4.79 Å². The van der Waals surface area contributed by atoms with Gasteiger partial charge in [-0.15, -0.1) is 0 Å². The molecule has 0 bridgehead atoms. The Morgan fingerprint density at radius 1 is 1.33 bits per heavy atom. The van der Waals surface area contributed by atoms with Crippen molar-refractivity contribution in [2.24, 2.45) is 0 Å². The van der Waals surface area contributed by atoms with Crippen molar-refractivity contribution in [1.29, 1.82) is 0 Å². The Hall–Kier alpha value is -1.97. The molecular weight excluding hydrogens is 190 g/mol. The first-order valence-corrected chi connectivity index (χ1v) is 4.82. The lowest BCUT2D eigenvalue weighted by molar-refractivity contribution is 0.224. The summed E-state index contributed by atoms with van der Waals surface area (Å²) in [4.78, 5) is 13.4. The quantitative estimate of drug-likeness (QED) is 0.539. The van der Waals surface area contributed by atoms with E-state index in [1.807, 2.05) is 24.3 Å². The van der Waals surface area contributed by atoms with E-state index in [-0.39, 0.29) is 6.03 Å². The molecule has 1 aliphatic heterocycles. The number of carbonyl (C=O) groups is 1. The molecule has 0 fully saturated rings. The van der Waals surface area contributed by atoms with Crippen molar-refractivity contribution in [3.05, 3.63) is 36.4 Å². The van der Waals surface area contributed by atoms with Gasteiger partial charge >= 0.3 is 6.03 Å². The molecule has 2 rings (SSSR count). The fraction of sp³-hybridized carbons (Fsp3) is 0.182. The third-order valence-corrected chi connectivity index (χ3v) is 2.24. The summed E-state index contributed by atoms with van der Waals surface area (Å²) in [7, 11) is 0. The summed E-state index contributed by atoms with van der Waals surface area (Å²) < 4.78 is 0. The van der Waals surface area contributed by atoms with Crippen molar-refractivity contribution in [3.63, 3.8) is 0 Å². The van der Waals surface area contributed by atoms with E-state index in [4.69, 9.17) is 5.73 Å². The van der Waals surface area contributed by atoms with Crippen LogP contribution in [0.25, 0.3) is 0 Å². The molecule has 4 nitrogen and oxygen atoms in total. The molecule has 0 radical (unpaired) electrons. The van der Waals surface area contributed by atoms with Crippen molar-refractivity contribution >= 4 is 17.4 Å². The molecule has 0 aromatic heterocycles. The van der Waals surface area contributed by atoms with Gasteiger partial charge in [-0.1, -0.05) is 18.2 Å². The van der Waals surface area contributed by atoms with Crippen molar-refractivity contribution in [2.75, 3.05) is 24.1 Å². The van der Waals surface area contributed by atoms with E-state index in [0.717, 1.165) is 5.69 Å². The molecule has 4 heteroatoms. The first-order chi connectivity index (χ1) is 7.25. The number of hydrogen-bond donors (Lipinski definition) is 2. The minimum absolute atomic E-state index is 0.0920. The van der Waals surface area contributed by atoms with Crippen LogP contribution in [0.4, 0.5) is 16.2 Å². The number of urea groups is 1. The number of nitrogens with zero attached hydrogens (tertiary/aromatic N) is 1. The fourth-order valence-electron chi connectivity index (χ4n) is 1.46. The zero-order valence-corrected chi connectivity index (χ0v) is 8.31. The molecule has 78 valence electrons. The predicted molar refractivity (Wildman–Crippen MR) is 60.6 cm³/mol. The average Bonchev–Trinajstić information content (AvgIpc) is 2.70. The lowest BCUT2D eigenvalue weighted by Gasteiger charge is -2.16. The first-order valence-electron chi connectivity index (χ1n) is 4.82. The van der Waals surface area contributed by atoms with Crippen LogP contribution in [-0.4, -0.2) is 24.0 Å². The van der Waals surface area contributed by atoms with E-state index in [1.54, 1.807) is 17.0 Å². The van der Waals surface area contributed by atoms with Crippen LogP contribution in [0.1, 0.15) is 0 Å². The highest BCUT2D eigenvalue weighted by atomic mass is 16.2. The monoisotopic (exact) mass is 203 g/mol. The van der Waals surface area contributed by atoms with Gasteiger partial charge in [0.25, 0.3) is 0 Å². The van der Waals surface area contributed by atoms with Gasteiger partial charge in [0.2, 0.25) is 0 Å². The molecule has 0 aliphatic carbocycles. The lowest BCUT2D eigenvalue weighted by Crippen LogP contribution is -2.32. The predicted octanol–water partition coefficient (Wildman–Crippen LogP) is 1.67. The number of hydrogen-bond acceptors (Lipinski definition) is 2. The van der Waals surface area contributed by atoms with Crippen LogP contribution >= 0.6 is 0 Å². The van der Waals surface area contributed by atoms with Gasteiger partial charge in [-0.05, 0) is 18.2 Å². The van der Waals surface area contributed by atoms with E-state index in [1.165, 1.54) is 0 Å². The maximum Gasteiger partial charge on any atom is 0.322 e. The summed E-state index contributed by atoms with van der Waals surface area (Å²) in [6.45, 7) is 1.35. The number of carbonyl (C=O) groups excluding carboxylic acids is 1. The van der Waals surface area contributed by atoms with Gasteiger partial charge in [0.15, 0.2) is 0 Å². The molecule has 0 saturated heterocycles. The number of amides is 2. The molecule has 2 amide bonds. The molecule has 0 unspecified atom stereocenters. The van der Waals surface area contributed by atoms with Crippen LogP contribution in [0.15, 0.2) is 36.4 Å². The van der Waals surface area contributed by atoms with Gasteiger partial charge in [-0.2, -0.15) is 0 Å². The molecule has 1 heterocycles. The second kappa shape index (κ2) is 4.04. The van der Waals surface area contributed by atoms with Crippen LogP contribution in [0, 0.1) is 0 Å². The van der Waals surface area contributed by atoms with Gasteiger partial charge in [0.1, 0.15) is 0 Å². The molecule has 15 heavy (non-hydrogen) atoms. The highest BCUT2D eigenvalue weighted by molar-refractivity contribution is 5.90. The Labute approximate surface area is 88.4 Å². The third-order valence-electron chi connectivity index (χ3n) is 2.24. The van der Waals surface area contributed by atoms with Gasteiger partial charge in [-0.25, -0.2) is 4.79 Å². The van der Waals surface area contributed by atoms with Crippen LogP contribution in [0.2, 0.25) is 0 Å². The largest absolute Gasteiger partial charge is 0.399 e. The third kappa shape index (κ3) is 2.28. The summed E-state index contributed by atoms with van der Waals surface area (Å²) >= 11 is 0. The summed E-state index contributed by atoms with van der Waals surface area (Å²) in [5.41, 5.74) is 6.98. The number of benzene rings is 1. The van der Waals surface area contributed by atoms with E-state index in [0.29, 0.717) is 18.8 Å². The normalized spacial score (nSPS) is 14.3. The molecule has 3 N–H and O–H groups in total. The summed E-state index contributed by atoms with van der Waals surface area (Å²) in [6, 6.07) is 7.06. The summed E-state index contributed by atoms with van der Waals surface area (Å²) in [5, 5.41) is 2.79. The van der Waals surface area contributed by atoms with Crippen molar-refractivity contribution in [3.8, 4) is 0 Å². The topological polar surface area (TPSA) is 58.4 Å². The highest BCUT2D eigenvalue weighted by Gasteiger charge is 2.13. The Kier molecular flexibility index (Phi) is 2.58. The first kappa shape index (κ1) is 9.58. The Morgan fingerprint density at radius 3 is 2.73 bits per heavy atom. The SMILES string of the molecule is Nc1cccc(NC(=O)N2CC=CC2)c1. The van der Waals surface area contributed by atoms with E-state index < -0.39 is 0 Å². The van der Waals surface area contributed by atoms with E-state index in [9.17, 15) is 4.79 Å². The molecule has 1 aromatic carbocycles. The minimum Gasteiger partial charge on any atom is -0.399 e. The summed E-state index contributed by atoms with van der Waals surface area (Å²) in [6.07, 6.45) is 3.94. The number of rotatable bonds is 1. The molecule has 1 aliphatic rings. The summed E-state index contributed by atoms with van der Waals surface area (Å²) in [5.74, 6) is 0. The van der Waals surface area contributed by atoms with Crippen LogP contribution in [0.5, 0.6) is 0 Å². The zero-order valence-electron chi connectivity index (χ0n) is 8.31. The minimum atomic E-state index is -0.0920. The van der Waals surface area contributed by atoms with Crippen LogP contribution < -0.4 is 11.1 Å². The zero-order chi connectivity index (χ0) is 10.7. The van der Waals surface area contributed by atoms with Crippen molar-refractivity contribution in [1.82, 2.24) is 4.90 Å². The standard InChI is InChI=1S/C11H13N3O/c12-9-4-3-5-10(8-9)13-11(15)14-6-1-2-7-14/h1-5,8H,6-7,12H2,(H,13,15). The second-order valence-electron chi connectivity index (χ2n) is 3.43. The van der Waals surface area contributed by atoms with Crippen LogP contribution in [0.3, 0.4) is 0 Å². The molecule has 0 saturated carbocycles. The highest BCUT2D eigenvalue weighted by Crippen LogP contribution is 2.13. The number of nitrogen functional groups attached to an aromatic ring is 1. The molecule has 0 atom stereocenters. The Morgan fingerprint density at radius 2 is 2.07 bits per heavy atom. The maximum absolute atomic E-state index is 11.7. The lowest BCUT2D eigenvalue weighted by atomic mass is 10.3. The number of nitrogens with one attached hydrogen (secondary N) is 1. The van der Waals surface area contributed by atoms with E-state index in [2.05, 4.69) is 5.32 Å². The number of anilines is 2. The molecule has 1 aromatic rings. The Bertz CT molecular complexity index is 393.